The summed E-state index contributed by atoms with van der Waals surface area (Å²) in [5, 5.41) is 0. The lowest BCUT2D eigenvalue weighted by atomic mass is 9.84. The van der Waals surface area contributed by atoms with Gasteiger partial charge in [0.05, 0.1) is 11.1 Å². The Hall–Kier alpha value is -6.15. The van der Waals surface area contributed by atoms with Gasteiger partial charge < -0.3 is 46.1 Å². The third-order valence-electron chi connectivity index (χ3n) is 12.1. The molecule has 11 rings (SSSR count). The van der Waals surface area contributed by atoms with Crippen LogP contribution in [0.3, 0.4) is 0 Å². The number of carbonyl (C=O) groups excluding carboxylic acids is 1. The maximum Gasteiger partial charge on any atom is 0.530 e. The smallest absolute Gasteiger partial charge is 0.483 e. The maximum absolute atomic E-state index is 15.0. The predicted molar refractivity (Wildman–Crippen MR) is 247 cm³/mol. The van der Waals surface area contributed by atoms with E-state index >= 15 is 0 Å². The van der Waals surface area contributed by atoms with E-state index in [1.807, 2.05) is 100 Å². The SMILES string of the molecule is CC1(C)Cc2cccc(OP3Oc4ccccc4C(=O)c4ccccc4OP(Oc4cccc5c4OC(C)(C)C5)Oc4cccc5c4OC(C)(C5)CC4(C)Cc5cccc(c5O4)O3)c2O1. The van der Waals surface area contributed by atoms with Gasteiger partial charge in [-0.15, -0.1) is 0 Å². The maximum atomic E-state index is 15.0. The second kappa shape index (κ2) is 15.5. The average molecular weight is 911 g/mol. The summed E-state index contributed by atoms with van der Waals surface area (Å²) in [6, 6.07) is 37.3. The molecule has 65 heavy (non-hydrogen) atoms. The first-order valence-corrected chi connectivity index (χ1v) is 24.0. The minimum atomic E-state index is -2.30. The van der Waals surface area contributed by atoms with Crippen molar-refractivity contribution in [3.8, 4) is 57.5 Å². The zero-order valence-corrected chi connectivity index (χ0v) is 38.8. The normalized spacial score (nSPS) is 24.0. The van der Waals surface area contributed by atoms with Crippen LogP contribution in [0.4, 0.5) is 0 Å². The average Bonchev–Trinajstić information content (AvgIpc) is 3.98. The predicted octanol–water partition coefficient (Wildman–Crippen LogP) is 12.7. The molecule has 0 saturated carbocycles. The summed E-state index contributed by atoms with van der Waals surface area (Å²) in [5.41, 5.74) is 2.30. The van der Waals surface area contributed by atoms with Crippen molar-refractivity contribution in [3.05, 3.63) is 155 Å². The monoisotopic (exact) mass is 910 g/mol. The molecule has 5 heterocycles. The summed E-state index contributed by atoms with van der Waals surface area (Å²) in [6.45, 7) is 12.4. The summed E-state index contributed by atoms with van der Waals surface area (Å²) in [4.78, 5) is 15.0. The van der Waals surface area contributed by atoms with Crippen molar-refractivity contribution in [3.63, 3.8) is 0 Å². The van der Waals surface area contributed by atoms with Crippen LogP contribution in [-0.2, 0) is 25.7 Å². The van der Waals surface area contributed by atoms with Crippen LogP contribution in [0, 0.1) is 0 Å². The lowest BCUT2D eigenvalue weighted by Gasteiger charge is -2.34. The summed E-state index contributed by atoms with van der Waals surface area (Å²) < 4.78 is 67.1. The Morgan fingerprint density at radius 3 is 1.23 bits per heavy atom. The highest BCUT2D eigenvalue weighted by Gasteiger charge is 2.48. The number of hydrogen-bond donors (Lipinski definition) is 0. The summed E-state index contributed by atoms with van der Waals surface area (Å²) in [5.74, 6) is 4.40. The van der Waals surface area contributed by atoms with E-state index in [1.165, 1.54) is 0 Å². The van der Waals surface area contributed by atoms with Crippen LogP contribution in [0.1, 0.15) is 86.1 Å². The van der Waals surface area contributed by atoms with Gasteiger partial charge in [-0.1, -0.05) is 72.8 Å². The molecule has 0 radical (unpaired) electrons. The van der Waals surface area contributed by atoms with Gasteiger partial charge in [0.2, 0.25) is 5.78 Å². The molecule has 0 N–H and O–H groups in total. The Balaban J connectivity index is 1.02. The standard InChI is InChI=1S/C52H48O11P2/c1-49(2)27-32-15-11-23-40(45(32)54-49)60-64-58-38-21-9-7-19-36(38)44(53)37-20-8-10-22-39(37)59-65(61-41-24-12-16-33-28-50(3,4)55-46(33)41)63-43-26-14-18-35-30-52(6,57-48(35)43)31-51(5)29-34-17-13-25-42(62-64)47(34)56-51/h7-26H,27-31H2,1-6H3. The Morgan fingerprint density at radius 2 is 0.785 bits per heavy atom. The summed E-state index contributed by atoms with van der Waals surface area (Å²) in [7, 11) is -4.59. The van der Waals surface area contributed by atoms with E-state index in [0.29, 0.717) is 78.1 Å². The lowest BCUT2D eigenvalue weighted by molar-refractivity contribution is 0.00702. The zero-order valence-electron chi connectivity index (χ0n) is 37.0. The van der Waals surface area contributed by atoms with E-state index < -0.39 is 39.6 Å². The number of ether oxygens (including phenoxy) is 4. The molecule has 13 heteroatoms. The summed E-state index contributed by atoms with van der Waals surface area (Å²) in [6.07, 6.45) is 3.18. The number of carbonyl (C=O) groups is 1. The molecule has 0 spiro atoms. The van der Waals surface area contributed by atoms with Crippen LogP contribution < -0.4 is 46.1 Å². The van der Waals surface area contributed by atoms with E-state index in [4.69, 9.17) is 46.1 Å². The van der Waals surface area contributed by atoms with Gasteiger partial charge in [-0.25, -0.2) is 0 Å². The van der Waals surface area contributed by atoms with Crippen molar-refractivity contribution in [2.24, 2.45) is 0 Å². The van der Waals surface area contributed by atoms with E-state index in [1.54, 1.807) is 48.5 Å². The highest BCUT2D eigenvalue weighted by Crippen LogP contribution is 2.56. The second-order valence-corrected chi connectivity index (χ2v) is 21.0. The molecule has 0 saturated heterocycles. The first-order chi connectivity index (χ1) is 31.2. The Bertz CT molecular complexity index is 2690. The van der Waals surface area contributed by atoms with Crippen LogP contribution in [0.25, 0.3) is 0 Å². The Labute approximate surface area is 380 Å². The van der Waals surface area contributed by atoms with Gasteiger partial charge in [0.1, 0.15) is 33.9 Å². The Kier molecular flexibility index (Phi) is 9.90. The minimum absolute atomic E-state index is 0.245. The lowest BCUT2D eigenvalue weighted by Crippen LogP contribution is -2.43. The minimum Gasteiger partial charge on any atom is -0.483 e. The van der Waals surface area contributed by atoms with E-state index in [2.05, 4.69) is 13.8 Å². The number of rotatable bonds is 4. The van der Waals surface area contributed by atoms with E-state index in [-0.39, 0.29) is 28.4 Å². The molecule has 0 aliphatic carbocycles. The second-order valence-electron chi connectivity index (χ2n) is 19.0. The van der Waals surface area contributed by atoms with Crippen molar-refractivity contribution >= 4 is 23.0 Å². The number of benzene rings is 6. The fraction of sp³-hybridized carbons (Fsp3) is 0.288. The number of fused-ring (bicyclic) bond motifs is 6. The molecule has 5 aliphatic rings. The molecular weight excluding hydrogens is 863 g/mol. The first kappa shape index (κ1) is 41.5. The van der Waals surface area contributed by atoms with Crippen LogP contribution >= 0.6 is 17.2 Å². The highest BCUT2D eigenvalue weighted by atomic mass is 31.2. The quantitative estimate of drug-likeness (QED) is 0.158. The van der Waals surface area contributed by atoms with Gasteiger partial charge in [-0.05, 0) is 90.1 Å². The number of ketones is 1. The van der Waals surface area contributed by atoms with Crippen LogP contribution in [0.2, 0.25) is 0 Å². The molecule has 11 nitrogen and oxygen atoms in total. The largest absolute Gasteiger partial charge is 0.530 e. The molecule has 4 atom stereocenters. The van der Waals surface area contributed by atoms with E-state index in [0.717, 1.165) is 22.3 Å². The zero-order chi connectivity index (χ0) is 44.7. The summed E-state index contributed by atoms with van der Waals surface area (Å²) >= 11 is 0. The third kappa shape index (κ3) is 8.04. The van der Waals surface area contributed by atoms with Crippen molar-refractivity contribution in [1.82, 2.24) is 0 Å². The van der Waals surface area contributed by atoms with Crippen molar-refractivity contribution < 1.29 is 50.9 Å². The molecule has 0 aromatic heterocycles. The van der Waals surface area contributed by atoms with Gasteiger partial charge in [0.25, 0.3) is 0 Å². The fourth-order valence-electron chi connectivity index (χ4n) is 9.66. The molecule has 4 bridgehead atoms. The highest BCUT2D eigenvalue weighted by molar-refractivity contribution is 7.43. The van der Waals surface area contributed by atoms with Crippen molar-refractivity contribution in [2.45, 2.75) is 96.1 Å². The van der Waals surface area contributed by atoms with Gasteiger partial charge in [-0.3, -0.25) is 4.79 Å². The molecule has 332 valence electrons. The molecule has 5 aliphatic heterocycles. The van der Waals surface area contributed by atoms with Gasteiger partial charge in [0, 0.05) is 54.4 Å². The topological polar surface area (TPSA) is 109 Å². The third-order valence-corrected chi connectivity index (χ3v) is 14.2. The Morgan fingerprint density at radius 1 is 0.415 bits per heavy atom. The number of para-hydroxylation sites is 6. The van der Waals surface area contributed by atoms with Crippen molar-refractivity contribution in [1.29, 1.82) is 0 Å². The molecule has 6 aromatic rings. The fourth-order valence-corrected chi connectivity index (χ4v) is 11.7. The van der Waals surface area contributed by atoms with Crippen LogP contribution in [0.15, 0.2) is 121 Å². The molecule has 6 aromatic carbocycles. The van der Waals surface area contributed by atoms with Crippen LogP contribution in [0.5, 0.6) is 57.5 Å². The van der Waals surface area contributed by atoms with Gasteiger partial charge >= 0.3 is 17.2 Å². The van der Waals surface area contributed by atoms with Gasteiger partial charge in [0.15, 0.2) is 46.0 Å². The molecular formula is C52H48O11P2. The van der Waals surface area contributed by atoms with Crippen molar-refractivity contribution in [2.75, 3.05) is 0 Å². The van der Waals surface area contributed by atoms with Gasteiger partial charge in [-0.2, -0.15) is 0 Å². The molecule has 0 fully saturated rings. The molecule has 4 unspecified atom stereocenters. The first-order valence-electron chi connectivity index (χ1n) is 21.8. The van der Waals surface area contributed by atoms with Crippen LogP contribution in [-0.4, -0.2) is 28.2 Å². The van der Waals surface area contributed by atoms with E-state index in [9.17, 15) is 4.79 Å². The molecule has 0 amide bonds. The number of hydrogen-bond acceptors (Lipinski definition) is 11.